The molecule has 86 valence electrons. The highest BCUT2D eigenvalue weighted by molar-refractivity contribution is 9.10. The predicted molar refractivity (Wildman–Crippen MR) is 73.4 cm³/mol. The summed E-state index contributed by atoms with van der Waals surface area (Å²) in [5.74, 6) is 0.150. The maximum absolute atomic E-state index is 12.1. The summed E-state index contributed by atoms with van der Waals surface area (Å²) < 4.78 is 0.987. The van der Waals surface area contributed by atoms with Gasteiger partial charge in [0.1, 0.15) is 0 Å². The van der Waals surface area contributed by atoms with Crippen LogP contribution in [0.3, 0.4) is 0 Å². The number of halogens is 1. The molecule has 0 radical (unpaired) electrons. The van der Waals surface area contributed by atoms with Crippen LogP contribution in [0.2, 0.25) is 0 Å². The summed E-state index contributed by atoms with van der Waals surface area (Å²) in [4.78, 5) is 12.1. The van der Waals surface area contributed by atoms with Crippen LogP contribution >= 0.6 is 15.9 Å². The highest BCUT2D eigenvalue weighted by Crippen LogP contribution is 2.18. The molecule has 2 aromatic rings. The molecule has 0 aliphatic carbocycles. The Morgan fingerprint density at radius 1 is 1.06 bits per heavy atom. The molecule has 0 aromatic heterocycles. The van der Waals surface area contributed by atoms with E-state index in [2.05, 4.69) is 15.9 Å². The van der Waals surface area contributed by atoms with Gasteiger partial charge in [-0.2, -0.15) is 0 Å². The number of hydrogen-bond acceptors (Lipinski definition) is 1. The van der Waals surface area contributed by atoms with Crippen molar-refractivity contribution in [3.05, 3.63) is 69.7 Å². The Hall–Kier alpha value is -1.41. The highest BCUT2D eigenvalue weighted by atomic mass is 79.9. The molecule has 0 spiro atoms. The van der Waals surface area contributed by atoms with Crippen molar-refractivity contribution in [2.75, 3.05) is 0 Å². The summed E-state index contributed by atoms with van der Waals surface area (Å²) >= 11 is 3.46. The fourth-order valence-electron chi connectivity index (χ4n) is 1.66. The number of benzene rings is 2. The van der Waals surface area contributed by atoms with E-state index >= 15 is 0 Å². The fourth-order valence-corrected chi connectivity index (χ4v) is 2.08. The number of carbonyl (C=O) groups excluding carboxylic acids is 1. The molecule has 0 saturated heterocycles. The van der Waals surface area contributed by atoms with E-state index in [1.54, 1.807) is 0 Å². The monoisotopic (exact) mass is 288 g/mol. The quantitative estimate of drug-likeness (QED) is 0.775. The Morgan fingerprint density at radius 2 is 1.71 bits per heavy atom. The van der Waals surface area contributed by atoms with Gasteiger partial charge >= 0.3 is 0 Å². The van der Waals surface area contributed by atoms with Crippen molar-refractivity contribution in [3.63, 3.8) is 0 Å². The lowest BCUT2D eigenvalue weighted by Gasteiger charge is -2.04. The minimum Gasteiger partial charge on any atom is -0.294 e. The summed E-state index contributed by atoms with van der Waals surface area (Å²) in [6.45, 7) is 2.02. The highest BCUT2D eigenvalue weighted by Gasteiger charge is 2.08. The first-order valence-electron chi connectivity index (χ1n) is 5.50. The maximum Gasteiger partial charge on any atom is 0.167 e. The lowest BCUT2D eigenvalue weighted by molar-refractivity contribution is 0.0993. The standard InChI is InChI=1S/C15H13BrO/c1-11-6-8-12(9-7-11)15(17)10-13-4-2-3-5-14(13)16/h2-9H,10H2,1H3. The van der Waals surface area contributed by atoms with Crippen LogP contribution in [0.15, 0.2) is 53.0 Å². The largest absolute Gasteiger partial charge is 0.294 e. The van der Waals surface area contributed by atoms with Crippen molar-refractivity contribution in [2.45, 2.75) is 13.3 Å². The third kappa shape index (κ3) is 3.04. The van der Waals surface area contributed by atoms with Crippen molar-refractivity contribution >= 4 is 21.7 Å². The number of hydrogen-bond donors (Lipinski definition) is 0. The SMILES string of the molecule is Cc1ccc(C(=O)Cc2ccccc2Br)cc1. The van der Waals surface area contributed by atoms with E-state index in [9.17, 15) is 4.79 Å². The summed E-state index contributed by atoms with van der Waals surface area (Å²) in [5.41, 5.74) is 2.96. The van der Waals surface area contributed by atoms with Gasteiger partial charge in [-0.05, 0) is 18.6 Å². The first kappa shape index (κ1) is 12.1. The van der Waals surface area contributed by atoms with Gasteiger partial charge in [-0.25, -0.2) is 0 Å². The Bertz CT molecular complexity index is 529. The molecule has 0 unspecified atom stereocenters. The smallest absolute Gasteiger partial charge is 0.167 e. The molecule has 0 aliphatic rings. The van der Waals surface area contributed by atoms with Crippen LogP contribution in [-0.2, 0) is 6.42 Å². The lowest BCUT2D eigenvalue weighted by Crippen LogP contribution is -2.03. The van der Waals surface area contributed by atoms with Crippen LogP contribution in [0.5, 0.6) is 0 Å². The second-order valence-electron chi connectivity index (χ2n) is 4.06. The van der Waals surface area contributed by atoms with E-state index in [-0.39, 0.29) is 5.78 Å². The van der Waals surface area contributed by atoms with E-state index in [0.717, 1.165) is 15.6 Å². The van der Waals surface area contributed by atoms with Crippen LogP contribution in [0, 0.1) is 6.92 Å². The Labute approximate surface area is 110 Å². The number of rotatable bonds is 3. The third-order valence-electron chi connectivity index (χ3n) is 2.68. The molecule has 0 N–H and O–H groups in total. The van der Waals surface area contributed by atoms with Gasteiger partial charge in [0.25, 0.3) is 0 Å². The van der Waals surface area contributed by atoms with Gasteiger partial charge in [0.05, 0.1) is 0 Å². The molecule has 17 heavy (non-hydrogen) atoms. The van der Waals surface area contributed by atoms with Crippen molar-refractivity contribution in [2.24, 2.45) is 0 Å². The lowest BCUT2D eigenvalue weighted by atomic mass is 10.0. The molecule has 2 heteroatoms. The molecule has 2 aromatic carbocycles. The van der Waals surface area contributed by atoms with E-state index in [0.29, 0.717) is 6.42 Å². The number of carbonyl (C=O) groups is 1. The van der Waals surface area contributed by atoms with Gasteiger partial charge in [-0.1, -0.05) is 64.0 Å². The van der Waals surface area contributed by atoms with E-state index in [4.69, 9.17) is 0 Å². The molecule has 1 nitrogen and oxygen atoms in total. The molecule has 0 heterocycles. The molecular weight excluding hydrogens is 276 g/mol. The number of Topliss-reactive ketones (excluding diaryl/α,β-unsaturated/α-hetero) is 1. The Kier molecular flexibility index (Phi) is 3.75. The number of aryl methyl sites for hydroxylation is 1. The zero-order valence-corrected chi connectivity index (χ0v) is 11.2. The van der Waals surface area contributed by atoms with Gasteiger partial charge in [0.15, 0.2) is 5.78 Å². The predicted octanol–water partition coefficient (Wildman–Crippen LogP) is 4.18. The summed E-state index contributed by atoms with van der Waals surface area (Å²) in [5, 5.41) is 0. The number of ketones is 1. The van der Waals surface area contributed by atoms with Crippen molar-refractivity contribution < 1.29 is 4.79 Å². The first-order chi connectivity index (χ1) is 8.16. The molecule has 0 aliphatic heterocycles. The van der Waals surface area contributed by atoms with Gasteiger partial charge < -0.3 is 0 Å². The van der Waals surface area contributed by atoms with Crippen LogP contribution < -0.4 is 0 Å². The minimum atomic E-state index is 0.150. The Morgan fingerprint density at radius 3 is 2.35 bits per heavy atom. The van der Waals surface area contributed by atoms with Gasteiger partial charge in [0.2, 0.25) is 0 Å². The zero-order valence-electron chi connectivity index (χ0n) is 9.61. The molecule has 0 atom stereocenters. The summed E-state index contributed by atoms with van der Waals surface area (Å²) in [7, 11) is 0. The normalized spacial score (nSPS) is 10.2. The van der Waals surface area contributed by atoms with E-state index in [1.165, 1.54) is 5.56 Å². The van der Waals surface area contributed by atoms with Gasteiger partial charge in [0, 0.05) is 16.5 Å². The van der Waals surface area contributed by atoms with Gasteiger partial charge in [-0.15, -0.1) is 0 Å². The van der Waals surface area contributed by atoms with Crippen LogP contribution in [0.4, 0.5) is 0 Å². The van der Waals surface area contributed by atoms with E-state index in [1.807, 2.05) is 55.5 Å². The molecule has 0 saturated carbocycles. The average molecular weight is 289 g/mol. The summed E-state index contributed by atoms with van der Waals surface area (Å²) in [6, 6.07) is 15.5. The van der Waals surface area contributed by atoms with Crippen molar-refractivity contribution in [1.82, 2.24) is 0 Å². The zero-order chi connectivity index (χ0) is 12.3. The second kappa shape index (κ2) is 5.28. The minimum absolute atomic E-state index is 0.150. The van der Waals surface area contributed by atoms with Crippen molar-refractivity contribution in [1.29, 1.82) is 0 Å². The Balaban J connectivity index is 2.17. The summed E-state index contributed by atoms with van der Waals surface area (Å²) in [6.07, 6.45) is 0.435. The molecule has 0 bridgehead atoms. The topological polar surface area (TPSA) is 17.1 Å². The fraction of sp³-hybridized carbons (Fsp3) is 0.133. The molecular formula is C15H13BrO. The molecule has 0 amide bonds. The first-order valence-corrected chi connectivity index (χ1v) is 6.29. The van der Waals surface area contributed by atoms with Crippen LogP contribution in [0.1, 0.15) is 21.5 Å². The third-order valence-corrected chi connectivity index (χ3v) is 3.46. The second-order valence-corrected chi connectivity index (χ2v) is 4.91. The van der Waals surface area contributed by atoms with Crippen LogP contribution in [0.25, 0.3) is 0 Å². The van der Waals surface area contributed by atoms with Crippen LogP contribution in [-0.4, -0.2) is 5.78 Å². The average Bonchev–Trinajstić information content (AvgIpc) is 2.33. The molecule has 0 fully saturated rings. The van der Waals surface area contributed by atoms with Crippen molar-refractivity contribution in [3.8, 4) is 0 Å². The maximum atomic E-state index is 12.1. The van der Waals surface area contributed by atoms with E-state index < -0.39 is 0 Å². The van der Waals surface area contributed by atoms with Gasteiger partial charge in [-0.3, -0.25) is 4.79 Å². The molecule has 2 rings (SSSR count).